The van der Waals surface area contributed by atoms with Crippen LogP contribution in [0.5, 0.6) is 0 Å². The van der Waals surface area contributed by atoms with Crippen LogP contribution in [0.3, 0.4) is 0 Å². The lowest BCUT2D eigenvalue weighted by atomic mass is 10.2. The molecule has 4 nitrogen and oxygen atoms in total. The Morgan fingerprint density at radius 3 is 2.43 bits per heavy atom. The van der Waals surface area contributed by atoms with Crippen molar-refractivity contribution in [1.82, 2.24) is 0 Å². The molecule has 0 aliphatic rings. The average molecular weight is 239 g/mol. The highest BCUT2D eigenvalue weighted by Crippen LogP contribution is 2.20. The van der Waals surface area contributed by atoms with Crippen molar-refractivity contribution in [2.24, 2.45) is 0 Å². The lowest BCUT2D eigenvalue weighted by molar-refractivity contribution is 0.0692. The SMILES string of the molecule is O=C(O)c1cc(F)ccc1S(=O)(=O)Cl. The Labute approximate surface area is 83.4 Å². The van der Waals surface area contributed by atoms with E-state index in [0.717, 1.165) is 12.1 Å². The van der Waals surface area contributed by atoms with E-state index < -0.39 is 31.3 Å². The predicted molar refractivity (Wildman–Crippen MR) is 46.4 cm³/mol. The lowest BCUT2D eigenvalue weighted by Crippen LogP contribution is -2.05. The molecule has 0 aromatic heterocycles. The van der Waals surface area contributed by atoms with E-state index in [4.69, 9.17) is 15.8 Å². The van der Waals surface area contributed by atoms with Crippen LogP contribution in [0.4, 0.5) is 4.39 Å². The molecule has 0 heterocycles. The van der Waals surface area contributed by atoms with Crippen molar-refractivity contribution in [3.05, 3.63) is 29.6 Å². The molecule has 1 aromatic carbocycles. The van der Waals surface area contributed by atoms with Gasteiger partial charge in [0.2, 0.25) is 0 Å². The summed E-state index contributed by atoms with van der Waals surface area (Å²) < 4.78 is 34.3. The maximum Gasteiger partial charge on any atom is 0.337 e. The molecule has 0 unspecified atom stereocenters. The molecule has 0 bridgehead atoms. The molecule has 0 aliphatic heterocycles. The van der Waals surface area contributed by atoms with E-state index in [1.165, 1.54) is 0 Å². The van der Waals surface area contributed by atoms with Gasteiger partial charge in [0.25, 0.3) is 9.05 Å². The molecular formula is C7H4ClFO4S. The number of hydrogen-bond acceptors (Lipinski definition) is 3. The Morgan fingerprint density at radius 1 is 1.43 bits per heavy atom. The van der Waals surface area contributed by atoms with Gasteiger partial charge in [-0.25, -0.2) is 17.6 Å². The lowest BCUT2D eigenvalue weighted by Gasteiger charge is -2.01. The zero-order valence-corrected chi connectivity index (χ0v) is 8.14. The number of carbonyl (C=O) groups is 1. The average Bonchev–Trinajstić information content (AvgIpc) is 2.01. The van der Waals surface area contributed by atoms with Gasteiger partial charge in [0.05, 0.1) is 10.5 Å². The molecule has 0 fully saturated rings. The van der Waals surface area contributed by atoms with Crippen LogP contribution in [0.15, 0.2) is 23.1 Å². The van der Waals surface area contributed by atoms with Crippen LogP contribution < -0.4 is 0 Å². The molecule has 1 aromatic rings. The molecule has 7 heteroatoms. The van der Waals surface area contributed by atoms with Crippen molar-refractivity contribution in [2.75, 3.05) is 0 Å². The van der Waals surface area contributed by atoms with E-state index in [9.17, 15) is 17.6 Å². The summed E-state index contributed by atoms with van der Waals surface area (Å²) in [5.41, 5.74) is -0.681. The molecule has 0 aliphatic carbocycles. The predicted octanol–water partition coefficient (Wildman–Crippen LogP) is 1.45. The van der Waals surface area contributed by atoms with Crippen molar-refractivity contribution in [3.63, 3.8) is 0 Å². The number of benzene rings is 1. The van der Waals surface area contributed by atoms with Crippen LogP contribution >= 0.6 is 10.7 Å². The third-order valence-electron chi connectivity index (χ3n) is 1.43. The van der Waals surface area contributed by atoms with Crippen LogP contribution in [-0.2, 0) is 9.05 Å². The van der Waals surface area contributed by atoms with E-state index in [-0.39, 0.29) is 0 Å². The highest BCUT2D eigenvalue weighted by molar-refractivity contribution is 8.13. The Balaban J connectivity index is 3.53. The first-order valence-electron chi connectivity index (χ1n) is 3.30. The maximum absolute atomic E-state index is 12.6. The van der Waals surface area contributed by atoms with Crippen molar-refractivity contribution in [2.45, 2.75) is 4.90 Å². The van der Waals surface area contributed by atoms with Crippen molar-refractivity contribution >= 4 is 25.7 Å². The summed E-state index contributed by atoms with van der Waals surface area (Å²) in [6.45, 7) is 0. The van der Waals surface area contributed by atoms with Gasteiger partial charge in [0, 0.05) is 10.7 Å². The third kappa shape index (κ3) is 2.21. The normalized spacial score (nSPS) is 11.3. The minimum atomic E-state index is -4.17. The highest BCUT2D eigenvalue weighted by atomic mass is 35.7. The molecule has 0 saturated carbocycles. The first-order chi connectivity index (χ1) is 6.32. The molecule has 0 saturated heterocycles. The third-order valence-corrected chi connectivity index (χ3v) is 2.81. The summed E-state index contributed by atoms with van der Waals surface area (Å²) in [4.78, 5) is 9.91. The van der Waals surface area contributed by atoms with Crippen LogP contribution in [0.25, 0.3) is 0 Å². The van der Waals surface area contributed by atoms with Gasteiger partial charge in [-0.3, -0.25) is 0 Å². The van der Waals surface area contributed by atoms with E-state index in [0.29, 0.717) is 6.07 Å². The summed E-state index contributed by atoms with van der Waals surface area (Å²) >= 11 is 0. The topological polar surface area (TPSA) is 71.4 Å². The Bertz CT molecular complexity index is 482. The van der Waals surface area contributed by atoms with Gasteiger partial charge in [0.1, 0.15) is 5.82 Å². The van der Waals surface area contributed by atoms with Gasteiger partial charge >= 0.3 is 5.97 Å². The Morgan fingerprint density at radius 2 is 2.00 bits per heavy atom. The number of aromatic carboxylic acids is 1. The zero-order valence-electron chi connectivity index (χ0n) is 6.57. The van der Waals surface area contributed by atoms with Gasteiger partial charge < -0.3 is 5.11 Å². The van der Waals surface area contributed by atoms with Gasteiger partial charge in [-0.2, -0.15) is 0 Å². The van der Waals surface area contributed by atoms with E-state index in [1.54, 1.807) is 0 Å². The summed E-state index contributed by atoms with van der Waals surface area (Å²) in [6, 6.07) is 2.22. The van der Waals surface area contributed by atoms with Crippen molar-refractivity contribution in [1.29, 1.82) is 0 Å². The second-order valence-electron chi connectivity index (χ2n) is 2.38. The van der Waals surface area contributed by atoms with Gasteiger partial charge in [-0.1, -0.05) is 0 Å². The molecule has 0 atom stereocenters. The second-order valence-corrected chi connectivity index (χ2v) is 4.92. The van der Waals surface area contributed by atoms with Gasteiger partial charge in [0.15, 0.2) is 0 Å². The molecule has 76 valence electrons. The minimum Gasteiger partial charge on any atom is -0.478 e. The Hall–Kier alpha value is -1.14. The maximum atomic E-state index is 12.6. The Kier molecular flexibility index (Phi) is 2.77. The first-order valence-corrected chi connectivity index (χ1v) is 5.61. The first kappa shape index (κ1) is 10.9. The second kappa shape index (κ2) is 3.55. The fraction of sp³-hybridized carbons (Fsp3) is 0. The molecule has 14 heavy (non-hydrogen) atoms. The number of hydrogen-bond donors (Lipinski definition) is 1. The van der Waals surface area contributed by atoms with Crippen LogP contribution in [0.2, 0.25) is 0 Å². The van der Waals surface area contributed by atoms with Gasteiger partial charge in [-0.05, 0) is 18.2 Å². The standard InChI is InChI=1S/C7H4ClFO4S/c8-14(12,13)6-2-1-4(9)3-5(6)7(10)11/h1-3H,(H,10,11). The molecule has 0 spiro atoms. The molecule has 0 radical (unpaired) electrons. The minimum absolute atomic E-state index is 0.595. The number of halogens is 2. The quantitative estimate of drug-likeness (QED) is 0.792. The fourth-order valence-corrected chi connectivity index (χ4v) is 1.93. The van der Waals surface area contributed by atoms with E-state index in [2.05, 4.69) is 0 Å². The number of rotatable bonds is 2. The van der Waals surface area contributed by atoms with Gasteiger partial charge in [-0.15, -0.1) is 0 Å². The van der Waals surface area contributed by atoms with Crippen LogP contribution in [-0.4, -0.2) is 19.5 Å². The van der Waals surface area contributed by atoms with Crippen LogP contribution in [0, 0.1) is 5.82 Å². The fourth-order valence-electron chi connectivity index (χ4n) is 0.882. The van der Waals surface area contributed by atoms with E-state index in [1.807, 2.05) is 0 Å². The molecule has 0 amide bonds. The summed E-state index contributed by atoms with van der Waals surface area (Å²) in [5, 5.41) is 8.56. The molecule has 1 N–H and O–H groups in total. The van der Waals surface area contributed by atoms with Crippen LogP contribution in [0.1, 0.15) is 10.4 Å². The summed E-state index contributed by atoms with van der Waals surface area (Å²) in [5.74, 6) is -2.39. The largest absolute Gasteiger partial charge is 0.478 e. The van der Waals surface area contributed by atoms with Crippen molar-refractivity contribution < 1.29 is 22.7 Å². The van der Waals surface area contributed by atoms with Crippen molar-refractivity contribution in [3.8, 4) is 0 Å². The highest BCUT2D eigenvalue weighted by Gasteiger charge is 2.20. The summed E-state index contributed by atoms with van der Waals surface area (Å²) in [7, 11) is 0.776. The van der Waals surface area contributed by atoms with E-state index >= 15 is 0 Å². The number of carboxylic acids is 1. The summed E-state index contributed by atoms with van der Waals surface area (Å²) in [6.07, 6.45) is 0. The number of carboxylic acid groups (broad SMARTS) is 1. The monoisotopic (exact) mass is 238 g/mol. The zero-order chi connectivity index (χ0) is 10.9. The smallest absolute Gasteiger partial charge is 0.337 e. The molecular weight excluding hydrogens is 235 g/mol. The molecule has 1 rings (SSSR count).